The number of halogens is 6. The first-order valence-corrected chi connectivity index (χ1v) is 15.5. The van der Waals surface area contributed by atoms with Gasteiger partial charge in [0.15, 0.2) is 0 Å². The molecule has 7 nitrogen and oxygen atoms in total. The van der Waals surface area contributed by atoms with Crippen molar-refractivity contribution in [2.24, 2.45) is 12.5 Å². The number of nitrogens with zero attached hydrogens (tertiary/aromatic N) is 3. The summed E-state index contributed by atoms with van der Waals surface area (Å²) in [4.78, 5) is 30.3. The van der Waals surface area contributed by atoms with Crippen LogP contribution < -0.4 is 10.6 Å². The Kier molecular flexibility index (Phi) is 8.45. The summed E-state index contributed by atoms with van der Waals surface area (Å²) in [5.74, 6) is -3.42. The van der Waals surface area contributed by atoms with E-state index in [1.165, 1.54) is 45.5 Å². The molecule has 2 N–H and O–H groups in total. The maximum Gasteiger partial charge on any atom is 0.417 e. The Morgan fingerprint density at radius 3 is 2.44 bits per heavy atom. The fourth-order valence-corrected chi connectivity index (χ4v) is 6.52. The number of fused-ring (bicyclic) bond motifs is 2. The molecular weight excluding hydrogens is 653 g/mol. The van der Waals surface area contributed by atoms with E-state index in [4.69, 9.17) is 11.6 Å². The minimum atomic E-state index is -4.78. The molecule has 3 aromatic heterocycles. The molecule has 1 atom stereocenters. The number of carbonyl (C=O) groups excluding carboxylic acids is 2. The first kappa shape index (κ1) is 33.4. The maximum atomic E-state index is 15.1. The summed E-state index contributed by atoms with van der Waals surface area (Å²) in [6.45, 7) is 6.35. The minimum Gasteiger partial charge on any atom is -0.331 e. The van der Waals surface area contributed by atoms with Crippen molar-refractivity contribution in [3.63, 3.8) is 0 Å². The van der Waals surface area contributed by atoms with Crippen molar-refractivity contribution >= 4 is 45.5 Å². The molecule has 1 aliphatic carbocycles. The second-order valence-corrected chi connectivity index (χ2v) is 13.0. The average molecular weight is 684 g/mol. The molecule has 250 valence electrons. The molecule has 1 amide bonds. The Balaban J connectivity index is 1.29. The second-order valence-electron chi connectivity index (χ2n) is 12.6. The summed E-state index contributed by atoms with van der Waals surface area (Å²) in [7, 11) is 1.59. The van der Waals surface area contributed by atoms with Gasteiger partial charge in [-0.15, -0.1) is 0 Å². The zero-order valence-electron chi connectivity index (χ0n) is 26.4. The number of anilines is 1. The zero-order chi connectivity index (χ0) is 34.7. The molecule has 5 aromatic rings. The number of hydrogen-bond acceptors (Lipinski definition) is 4. The highest BCUT2D eigenvalue weighted by Crippen LogP contribution is 2.46. The van der Waals surface area contributed by atoms with Gasteiger partial charge in [0.2, 0.25) is 11.7 Å². The van der Waals surface area contributed by atoms with Gasteiger partial charge >= 0.3 is 6.18 Å². The number of imidazole rings is 1. The summed E-state index contributed by atoms with van der Waals surface area (Å²) in [6.07, 6.45) is 1.53. The molecule has 48 heavy (non-hydrogen) atoms. The van der Waals surface area contributed by atoms with Crippen molar-refractivity contribution < 1.29 is 31.5 Å². The zero-order valence-corrected chi connectivity index (χ0v) is 27.2. The van der Waals surface area contributed by atoms with E-state index in [9.17, 15) is 22.8 Å². The van der Waals surface area contributed by atoms with Crippen molar-refractivity contribution in [2.75, 3.05) is 11.9 Å². The van der Waals surface area contributed by atoms with Crippen molar-refractivity contribution in [1.82, 2.24) is 19.3 Å². The van der Waals surface area contributed by atoms with Gasteiger partial charge in [-0.3, -0.25) is 9.59 Å². The second kappa shape index (κ2) is 12.2. The van der Waals surface area contributed by atoms with Gasteiger partial charge in [-0.2, -0.15) is 13.2 Å². The lowest BCUT2D eigenvalue weighted by Gasteiger charge is -2.45. The van der Waals surface area contributed by atoms with Crippen LogP contribution in [-0.4, -0.2) is 38.2 Å². The molecule has 0 spiro atoms. The normalized spacial score (nSPS) is 16.2. The summed E-state index contributed by atoms with van der Waals surface area (Å²) < 4.78 is 76.3. The summed E-state index contributed by atoms with van der Waals surface area (Å²) in [5.41, 5.74) is -1.60. The number of rotatable bonds is 8. The predicted octanol–water partition coefficient (Wildman–Crippen LogP) is 8.26. The third-order valence-electron chi connectivity index (χ3n) is 9.16. The number of aromatic nitrogens is 3. The fourth-order valence-electron chi connectivity index (χ4n) is 6.18. The Bertz CT molecular complexity index is 2120. The van der Waals surface area contributed by atoms with Crippen LogP contribution in [0.4, 0.5) is 27.6 Å². The third kappa shape index (κ3) is 5.87. The van der Waals surface area contributed by atoms with E-state index in [1.807, 2.05) is 0 Å². The SMILES string of the molecule is Cc1nc2c(Cl)c(-c3cccn4c(C(=O)c5cc(F)c(NC(=O)/C=C/CNC6CCC6(C)C)c(F)c5)ccc34)c(C(F)(F)F)cc2n1C. The van der Waals surface area contributed by atoms with Crippen LogP contribution in [0.25, 0.3) is 27.7 Å². The van der Waals surface area contributed by atoms with Crippen LogP contribution >= 0.6 is 11.6 Å². The number of pyridine rings is 1. The highest BCUT2D eigenvalue weighted by Gasteiger charge is 2.38. The molecule has 1 unspecified atom stereocenters. The van der Waals surface area contributed by atoms with Gasteiger partial charge in [0.25, 0.3) is 0 Å². The average Bonchev–Trinajstić information content (AvgIpc) is 3.58. The monoisotopic (exact) mass is 683 g/mol. The van der Waals surface area contributed by atoms with Crippen LogP contribution in [-0.2, 0) is 18.0 Å². The molecule has 0 radical (unpaired) electrons. The lowest BCUT2D eigenvalue weighted by molar-refractivity contribution is -0.137. The van der Waals surface area contributed by atoms with Gasteiger partial charge in [-0.25, -0.2) is 13.8 Å². The van der Waals surface area contributed by atoms with Gasteiger partial charge in [0.1, 0.15) is 28.7 Å². The van der Waals surface area contributed by atoms with E-state index in [1.54, 1.807) is 20.0 Å². The minimum absolute atomic E-state index is 0.0630. The van der Waals surface area contributed by atoms with Gasteiger partial charge in [-0.1, -0.05) is 37.6 Å². The van der Waals surface area contributed by atoms with Gasteiger partial charge < -0.3 is 19.6 Å². The molecule has 0 saturated heterocycles. The van der Waals surface area contributed by atoms with Crippen molar-refractivity contribution in [2.45, 2.75) is 45.8 Å². The Morgan fingerprint density at radius 2 is 1.81 bits per heavy atom. The molecule has 13 heteroatoms. The Morgan fingerprint density at radius 1 is 1.10 bits per heavy atom. The van der Waals surface area contributed by atoms with E-state index < -0.39 is 40.8 Å². The number of carbonyl (C=O) groups is 2. The largest absolute Gasteiger partial charge is 0.417 e. The molecule has 0 bridgehead atoms. The highest BCUT2D eigenvalue weighted by atomic mass is 35.5. The van der Waals surface area contributed by atoms with E-state index in [0.717, 1.165) is 31.0 Å². The van der Waals surface area contributed by atoms with E-state index in [-0.39, 0.29) is 49.4 Å². The van der Waals surface area contributed by atoms with E-state index >= 15 is 8.78 Å². The summed E-state index contributed by atoms with van der Waals surface area (Å²) >= 11 is 6.62. The number of alkyl halides is 3. The first-order chi connectivity index (χ1) is 22.6. The quantitative estimate of drug-likeness (QED) is 0.0981. The van der Waals surface area contributed by atoms with Crippen LogP contribution in [0.1, 0.15) is 54.1 Å². The van der Waals surface area contributed by atoms with Crippen molar-refractivity contribution in [1.29, 1.82) is 0 Å². The summed E-state index contributed by atoms with van der Waals surface area (Å²) in [5, 5.41) is 5.29. The van der Waals surface area contributed by atoms with Crippen LogP contribution in [0.2, 0.25) is 5.02 Å². The number of hydrogen-bond donors (Lipinski definition) is 2. The molecule has 3 heterocycles. The number of nitrogens with one attached hydrogen (secondary N) is 2. The lowest BCUT2D eigenvalue weighted by Crippen LogP contribution is -2.49. The fraction of sp³-hybridized carbons (Fsp3) is 0.286. The molecule has 2 aromatic carbocycles. The van der Waals surface area contributed by atoms with Crippen molar-refractivity contribution in [3.05, 3.63) is 100 Å². The highest BCUT2D eigenvalue weighted by molar-refractivity contribution is 6.38. The molecule has 1 saturated carbocycles. The molecule has 1 fully saturated rings. The number of aryl methyl sites for hydroxylation is 2. The lowest BCUT2D eigenvalue weighted by atomic mass is 9.67. The summed E-state index contributed by atoms with van der Waals surface area (Å²) in [6, 6.07) is 8.57. The number of ketones is 1. The van der Waals surface area contributed by atoms with Gasteiger partial charge in [0.05, 0.1) is 27.3 Å². The molecule has 1 aliphatic rings. The topological polar surface area (TPSA) is 80.4 Å². The maximum absolute atomic E-state index is 15.1. The van der Waals surface area contributed by atoms with Gasteiger partial charge in [-0.05, 0) is 61.6 Å². The van der Waals surface area contributed by atoms with Gasteiger partial charge in [0, 0.05) is 48.6 Å². The van der Waals surface area contributed by atoms with Crippen LogP contribution in [0, 0.1) is 24.0 Å². The Hall–Kier alpha value is -4.55. The molecule has 6 rings (SSSR count). The van der Waals surface area contributed by atoms with Crippen molar-refractivity contribution in [3.8, 4) is 11.1 Å². The first-order valence-electron chi connectivity index (χ1n) is 15.2. The van der Waals surface area contributed by atoms with E-state index in [2.05, 4.69) is 29.5 Å². The number of benzene rings is 2. The molecule has 0 aliphatic heterocycles. The number of amides is 1. The van der Waals surface area contributed by atoms with E-state index in [0.29, 0.717) is 18.4 Å². The standard InChI is InChI=1S/C35H31ClF5N5O2/c1-18-43-32-26(45(18)4)17-21(35(39,40)41)29(30(32)36)20-7-6-14-46-24(20)9-10-25(46)33(48)19-15-22(37)31(23(38)16-19)44-28(47)8-5-13-42-27-11-12-34(27,2)3/h5-10,14-17,27,42H,11-13H2,1-4H3,(H,44,47)/b8-5+. The van der Waals surface area contributed by atoms with Crippen LogP contribution in [0.5, 0.6) is 0 Å². The Labute approximate surface area is 277 Å². The van der Waals surface area contributed by atoms with Crippen LogP contribution in [0.15, 0.2) is 60.8 Å². The smallest absolute Gasteiger partial charge is 0.331 e. The third-order valence-corrected chi connectivity index (χ3v) is 9.53. The van der Waals surface area contributed by atoms with Crippen LogP contribution in [0.3, 0.4) is 0 Å². The predicted molar refractivity (Wildman–Crippen MR) is 174 cm³/mol. The molecular formula is C35H31ClF5N5O2.